The number of oxime groups is 1. The summed E-state index contributed by atoms with van der Waals surface area (Å²) in [5, 5.41) is 14.8. The minimum absolute atomic E-state index is 0.0318. The smallest absolute Gasteiger partial charge is 0.311 e. The Morgan fingerprint density at radius 1 is 1.27 bits per heavy atom. The number of aliphatic hydroxyl groups excluding tert-OH is 1. The Hall–Kier alpha value is -2.94. The Balaban J connectivity index is 1.59. The molecule has 0 amide bonds. The Morgan fingerprint density at radius 3 is 2.78 bits per heavy atom. The van der Waals surface area contributed by atoms with E-state index in [2.05, 4.69) is 5.16 Å². The summed E-state index contributed by atoms with van der Waals surface area (Å²) in [4.78, 5) is 43.7. The molecule has 4 rings (SSSR count). The second kappa shape index (κ2) is 12.1. The fraction of sp³-hybridized carbons (Fsp3) is 0.643. The molecule has 1 aliphatic heterocycles. The highest BCUT2D eigenvalue weighted by atomic mass is 16.6. The molecule has 202 valence electrons. The molecule has 2 aliphatic carbocycles. The Labute approximate surface area is 217 Å². The van der Waals surface area contributed by atoms with Gasteiger partial charge in [-0.3, -0.25) is 14.4 Å². The molecule has 0 radical (unpaired) electrons. The number of allylic oxidation sites excluding steroid dienone is 1. The summed E-state index contributed by atoms with van der Waals surface area (Å²) in [6.45, 7) is 6.05. The maximum absolute atomic E-state index is 13.1. The molecular weight excluding hydrogens is 478 g/mol. The lowest BCUT2D eigenvalue weighted by molar-refractivity contribution is -0.161. The zero-order valence-corrected chi connectivity index (χ0v) is 21.8. The van der Waals surface area contributed by atoms with Crippen LogP contribution < -0.4 is 0 Å². The quantitative estimate of drug-likeness (QED) is 0.387. The molecule has 0 spiro atoms. The van der Waals surface area contributed by atoms with Crippen LogP contribution in [-0.4, -0.2) is 47.4 Å². The van der Waals surface area contributed by atoms with Crippen molar-refractivity contribution >= 4 is 23.4 Å². The zero-order chi connectivity index (χ0) is 26.5. The lowest BCUT2D eigenvalue weighted by Crippen LogP contribution is -2.47. The average molecular weight is 516 g/mol. The topological polar surface area (TPSA) is 125 Å². The van der Waals surface area contributed by atoms with Gasteiger partial charge in [0.1, 0.15) is 11.9 Å². The van der Waals surface area contributed by atoms with E-state index in [1.54, 1.807) is 24.5 Å². The molecule has 9 nitrogen and oxygen atoms in total. The van der Waals surface area contributed by atoms with E-state index in [9.17, 15) is 19.5 Å². The van der Waals surface area contributed by atoms with Crippen molar-refractivity contribution in [2.75, 3.05) is 6.61 Å². The van der Waals surface area contributed by atoms with E-state index >= 15 is 0 Å². The van der Waals surface area contributed by atoms with Crippen LogP contribution in [-0.2, 0) is 35.3 Å². The van der Waals surface area contributed by atoms with Crippen molar-refractivity contribution in [3.63, 3.8) is 0 Å². The summed E-state index contributed by atoms with van der Waals surface area (Å²) >= 11 is 0. The lowest BCUT2D eigenvalue weighted by atomic mass is 9.63. The highest BCUT2D eigenvalue weighted by Crippen LogP contribution is 2.45. The molecule has 2 fully saturated rings. The number of aliphatic hydroxyl groups is 1. The number of hydrogen-bond donors (Lipinski definition) is 1. The highest BCUT2D eigenvalue weighted by molar-refractivity contribution is 6.08. The molecule has 9 heteroatoms. The van der Waals surface area contributed by atoms with E-state index in [0.717, 1.165) is 5.57 Å². The van der Waals surface area contributed by atoms with Gasteiger partial charge in [-0.1, -0.05) is 25.9 Å². The van der Waals surface area contributed by atoms with Gasteiger partial charge < -0.3 is 23.8 Å². The van der Waals surface area contributed by atoms with Gasteiger partial charge in [0.2, 0.25) is 0 Å². The molecule has 3 aliphatic rings. The number of carbonyl (C=O) groups is 3. The fourth-order valence-corrected chi connectivity index (χ4v) is 5.58. The molecule has 2 heterocycles. The van der Waals surface area contributed by atoms with Gasteiger partial charge in [0.15, 0.2) is 12.4 Å². The van der Waals surface area contributed by atoms with Gasteiger partial charge in [-0.05, 0) is 61.8 Å². The fourth-order valence-electron chi connectivity index (χ4n) is 5.58. The van der Waals surface area contributed by atoms with Gasteiger partial charge in [0, 0.05) is 18.3 Å². The van der Waals surface area contributed by atoms with Crippen molar-refractivity contribution in [1.29, 1.82) is 0 Å². The van der Waals surface area contributed by atoms with E-state index in [1.165, 1.54) is 0 Å². The van der Waals surface area contributed by atoms with E-state index in [0.29, 0.717) is 50.0 Å². The largest absolute Gasteiger partial charge is 0.466 e. The third-order valence-electron chi connectivity index (χ3n) is 8.09. The number of esters is 2. The first-order valence-corrected chi connectivity index (χ1v) is 13.3. The van der Waals surface area contributed by atoms with Crippen molar-refractivity contribution < 1.29 is 38.2 Å². The third kappa shape index (κ3) is 6.14. The number of cyclic esters (lactones) is 1. The van der Waals surface area contributed by atoms with Gasteiger partial charge in [-0.2, -0.15) is 0 Å². The molecule has 0 aromatic carbocycles. The normalized spacial score (nSPS) is 31.8. The monoisotopic (exact) mass is 515 g/mol. The maximum atomic E-state index is 13.1. The summed E-state index contributed by atoms with van der Waals surface area (Å²) in [5.41, 5.74) is 1.39. The first-order chi connectivity index (χ1) is 17.8. The number of furan rings is 1. The van der Waals surface area contributed by atoms with Crippen LogP contribution >= 0.6 is 0 Å². The SMILES string of the molecule is CCC(C)C(=O)OC1CCC(=NOCc2ccco2)C2=CC(=O)C(C)C(CCC3C(=O)OCCC3O)C21. The van der Waals surface area contributed by atoms with Crippen molar-refractivity contribution in [3.8, 4) is 0 Å². The molecule has 1 saturated heterocycles. The van der Waals surface area contributed by atoms with Crippen LogP contribution in [0.25, 0.3) is 0 Å². The minimum atomic E-state index is -0.761. The standard InChI is InChI=1S/C28H37NO8/c1-4-16(2)27(32)37-25-10-9-22(29-36-15-18-6-5-12-34-18)21-14-24(31)17(3)19(26(21)25)7-8-20-23(30)11-13-35-28(20)33/h5-6,12,14,16-17,19-20,23,25-26,30H,4,7-11,13,15H2,1-3H3. The van der Waals surface area contributed by atoms with E-state index in [-0.39, 0.29) is 48.6 Å². The third-order valence-corrected chi connectivity index (χ3v) is 8.09. The van der Waals surface area contributed by atoms with Crippen LogP contribution in [0.2, 0.25) is 0 Å². The molecule has 1 N–H and O–H groups in total. The van der Waals surface area contributed by atoms with Crippen LogP contribution in [0.3, 0.4) is 0 Å². The molecule has 7 atom stereocenters. The molecular formula is C28H37NO8. The average Bonchev–Trinajstić information content (AvgIpc) is 3.40. The summed E-state index contributed by atoms with van der Waals surface area (Å²) in [5.74, 6) is -1.70. The summed E-state index contributed by atoms with van der Waals surface area (Å²) in [6, 6.07) is 3.56. The number of nitrogens with zero attached hydrogens (tertiary/aromatic N) is 1. The second-order valence-electron chi connectivity index (χ2n) is 10.4. The van der Waals surface area contributed by atoms with Crippen LogP contribution in [0.4, 0.5) is 0 Å². The number of ketones is 1. The predicted molar refractivity (Wildman–Crippen MR) is 133 cm³/mol. The molecule has 1 saturated carbocycles. The summed E-state index contributed by atoms with van der Waals surface area (Å²) in [7, 11) is 0. The molecule has 0 bridgehead atoms. The molecule has 1 aromatic heterocycles. The number of fused-ring (bicyclic) bond motifs is 1. The van der Waals surface area contributed by atoms with Crippen molar-refractivity contribution in [3.05, 3.63) is 35.8 Å². The van der Waals surface area contributed by atoms with Crippen molar-refractivity contribution in [2.45, 2.75) is 78.1 Å². The molecule has 37 heavy (non-hydrogen) atoms. The van der Waals surface area contributed by atoms with Gasteiger partial charge in [-0.25, -0.2) is 0 Å². The predicted octanol–water partition coefficient (Wildman–Crippen LogP) is 3.99. The first kappa shape index (κ1) is 27.1. The molecule has 1 aromatic rings. The number of rotatable bonds is 9. The van der Waals surface area contributed by atoms with Crippen molar-refractivity contribution in [1.82, 2.24) is 0 Å². The Kier molecular flexibility index (Phi) is 8.84. The molecule has 7 unspecified atom stereocenters. The summed E-state index contributed by atoms with van der Waals surface area (Å²) in [6.07, 6.45) is 5.03. The Bertz CT molecular complexity index is 1030. The van der Waals surface area contributed by atoms with Gasteiger partial charge >= 0.3 is 11.9 Å². The number of carbonyl (C=O) groups excluding carboxylic acids is 3. The number of ether oxygens (including phenoxy) is 2. The van der Waals surface area contributed by atoms with Crippen LogP contribution in [0.1, 0.15) is 65.1 Å². The zero-order valence-electron chi connectivity index (χ0n) is 21.8. The lowest BCUT2D eigenvalue weighted by Gasteiger charge is -2.44. The second-order valence-corrected chi connectivity index (χ2v) is 10.4. The highest BCUT2D eigenvalue weighted by Gasteiger charge is 2.47. The van der Waals surface area contributed by atoms with E-state index < -0.39 is 24.1 Å². The summed E-state index contributed by atoms with van der Waals surface area (Å²) < 4.78 is 16.5. The Morgan fingerprint density at radius 2 is 2.08 bits per heavy atom. The van der Waals surface area contributed by atoms with Crippen LogP contribution in [0.15, 0.2) is 39.6 Å². The van der Waals surface area contributed by atoms with Crippen LogP contribution in [0, 0.1) is 29.6 Å². The van der Waals surface area contributed by atoms with Crippen molar-refractivity contribution in [2.24, 2.45) is 34.7 Å². The minimum Gasteiger partial charge on any atom is -0.466 e. The maximum Gasteiger partial charge on any atom is 0.311 e. The number of hydrogen-bond acceptors (Lipinski definition) is 9. The van der Waals surface area contributed by atoms with Gasteiger partial charge in [0.25, 0.3) is 0 Å². The van der Waals surface area contributed by atoms with E-state index in [1.807, 2.05) is 20.8 Å². The van der Waals surface area contributed by atoms with Crippen LogP contribution in [0.5, 0.6) is 0 Å². The van der Waals surface area contributed by atoms with Gasteiger partial charge in [0.05, 0.1) is 36.5 Å². The van der Waals surface area contributed by atoms with E-state index in [4.69, 9.17) is 18.7 Å². The first-order valence-electron chi connectivity index (χ1n) is 13.3. The van der Waals surface area contributed by atoms with Gasteiger partial charge in [-0.15, -0.1) is 0 Å².